The van der Waals surface area contributed by atoms with Crippen LogP contribution in [0.3, 0.4) is 0 Å². The predicted molar refractivity (Wildman–Crippen MR) is 113 cm³/mol. The molecule has 1 N–H and O–H groups in total. The SMILES string of the molecule is Cn1nc(C2CCC(=O)NC2=O)c2cccc(OC3CCN(C(=O)CC4CC4)CC3)c21. The van der Waals surface area contributed by atoms with Crippen molar-refractivity contribution in [2.24, 2.45) is 13.0 Å². The average molecular weight is 425 g/mol. The van der Waals surface area contributed by atoms with Gasteiger partial charge in [0, 0.05) is 51.2 Å². The molecule has 1 aliphatic carbocycles. The van der Waals surface area contributed by atoms with Crippen LogP contribution < -0.4 is 10.1 Å². The summed E-state index contributed by atoms with van der Waals surface area (Å²) >= 11 is 0. The zero-order valence-corrected chi connectivity index (χ0v) is 17.8. The molecule has 1 unspecified atom stereocenters. The third kappa shape index (κ3) is 4.03. The van der Waals surface area contributed by atoms with E-state index in [1.54, 1.807) is 4.68 Å². The lowest BCUT2D eigenvalue weighted by atomic mass is 9.93. The molecule has 3 amide bonds. The molecule has 8 nitrogen and oxygen atoms in total. The lowest BCUT2D eigenvalue weighted by Gasteiger charge is -2.32. The Morgan fingerprint density at radius 3 is 2.65 bits per heavy atom. The highest BCUT2D eigenvalue weighted by Crippen LogP contribution is 2.36. The first-order valence-corrected chi connectivity index (χ1v) is 11.2. The number of benzene rings is 1. The molecule has 164 valence electrons. The minimum absolute atomic E-state index is 0.0459. The number of carbonyl (C=O) groups is 3. The van der Waals surface area contributed by atoms with Crippen LogP contribution in [0.5, 0.6) is 5.75 Å². The fraction of sp³-hybridized carbons (Fsp3) is 0.565. The molecular weight excluding hydrogens is 396 g/mol. The van der Waals surface area contributed by atoms with Crippen molar-refractivity contribution in [1.82, 2.24) is 20.0 Å². The predicted octanol–water partition coefficient (Wildman–Crippen LogP) is 2.26. The van der Waals surface area contributed by atoms with Crippen molar-refractivity contribution in [3.8, 4) is 5.75 Å². The Kier molecular flexibility index (Phi) is 5.16. The number of hydrogen-bond donors (Lipinski definition) is 1. The van der Waals surface area contributed by atoms with Gasteiger partial charge in [0.05, 0.1) is 11.6 Å². The fourth-order valence-corrected chi connectivity index (χ4v) is 4.74. The largest absolute Gasteiger partial charge is 0.488 e. The molecule has 2 aliphatic heterocycles. The molecule has 1 saturated carbocycles. The van der Waals surface area contributed by atoms with E-state index in [-0.39, 0.29) is 23.8 Å². The number of aryl methyl sites for hydroxylation is 1. The number of aromatic nitrogens is 2. The van der Waals surface area contributed by atoms with E-state index < -0.39 is 5.92 Å². The van der Waals surface area contributed by atoms with E-state index in [2.05, 4.69) is 10.4 Å². The number of carbonyl (C=O) groups excluding carboxylic acids is 3. The molecular formula is C23H28N4O4. The number of imide groups is 1. The van der Waals surface area contributed by atoms with Crippen molar-refractivity contribution in [3.05, 3.63) is 23.9 Å². The second kappa shape index (κ2) is 7.98. The van der Waals surface area contributed by atoms with Crippen LogP contribution in [-0.2, 0) is 21.4 Å². The van der Waals surface area contributed by atoms with E-state index in [9.17, 15) is 14.4 Å². The molecule has 2 aromatic rings. The monoisotopic (exact) mass is 424 g/mol. The Labute approximate surface area is 180 Å². The van der Waals surface area contributed by atoms with Gasteiger partial charge in [0.25, 0.3) is 0 Å². The number of nitrogens with one attached hydrogen (secondary N) is 1. The van der Waals surface area contributed by atoms with E-state index in [0.717, 1.165) is 42.6 Å². The van der Waals surface area contributed by atoms with E-state index in [0.29, 0.717) is 30.9 Å². The number of fused-ring (bicyclic) bond motifs is 1. The molecule has 1 aromatic heterocycles. The fourth-order valence-electron chi connectivity index (χ4n) is 4.74. The second-order valence-corrected chi connectivity index (χ2v) is 9.01. The van der Waals surface area contributed by atoms with Gasteiger partial charge in [0.1, 0.15) is 17.4 Å². The van der Waals surface area contributed by atoms with Crippen LogP contribution in [-0.4, -0.2) is 51.6 Å². The lowest BCUT2D eigenvalue weighted by Crippen LogP contribution is -2.41. The highest BCUT2D eigenvalue weighted by atomic mass is 16.5. The van der Waals surface area contributed by atoms with Gasteiger partial charge in [-0.3, -0.25) is 24.4 Å². The molecule has 1 atom stereocenters. The van der Waals surface area contributed by atoms with Gasteiger partial charge in [0.15, 0.2) is 0 Å². The Balaban J connectivity index is 1.31. The maximum absolute atomic E-state index is 12.4. The molecule has 3 aliphatic rings. The van der Waals surface area contributed by atoms with Crippen LogP contribution in [0.4, 0.5) is 0 Å². The Morgan fingerprint density at radius 2 is 1.94 bits per heavy atom. The summed E-state index contributed by atoms with van der Waals surface area (Å²) in [4.78, 5) is 38.2. The smallest absolute Gasteiger partial charge is 0.235 e. The van der Waals surface area contributed by atoms with Gasteiger partial charge >= 0.3 is 0 Å². The molecule has 3 heterocycles. The Hall–Kier alpha value is -2.90. The molecule has 1 aromatic carbocycles. The summed E-state index contributed by atoms with van der Waals surface area (Å²) < 4.78 is 8.12. The number of nitrogens with zero attached hydrogens (tertiary/aromatic N) is 3. The van der Waals surface area contributed by atoms with Gasteiger partial charge in [-0.05, 0) is 31.2 Å². The van der Waals surface area contributed by atoms with E-state index >= 15 is 0 Å². The normalized spacial score (nSPS) is 22.6. The highest BCUT2D eigenvalue weighted by Gasteiger charge is 2.33. The summed E-state index contributed by atoms with van der Waals surface area (Å²) in [6.45, 7) is 1.47. The van der Waals surface area contributed by atoms with Gasteiger partial charge in [-0.1, -0.05) is 12.1 Å². The quantitative estimate of drug-likeness (QED) is 0.743. The molecule has 0 bridgehead atoms. The zero-order valence-electron chi connectivity index (χ0n) is 17.8. The summed E-state index contributed by atoms with van der Waals surface area (Å²) in [7, 11) is 1.85. The maximum atomic E-state index is 12.4. The van der Waals surface area contributed by atoms with E-state index in [4.69, 9.17) is 4.74 Å². The van der Waals surface area contributed by atoms with Crippen LogP contribution in [0, 0.1) is 5.92 Å². The standard InChI is InChI=1S/C23H28N4O4/c1-26-22-16(21(25-26)17-7-8-19(28)24-23(17)30)3-2-4-18(22)31-15-9-11-27(12-10-15)20(29)13-14-5-6-14/h2-4,14-15,17H,5-13H2,1H3,(H,24,28,30). The summed E-state index contributed by atoms with van der Waals surface area (Å²) in [6.07, 6.45) is 5.54. The van der Waals surface area contributed by atoms with Crippen molar-refractivity contribution >= 4 is 28.6 Å². The van der Waals surface area contributed by atoms with Crippen LogP contribution >= 0.6 is 0 Å². The number of rotatable bonds is 5. The van der Waals surface area contributed by atoms with Crippen LogP contribution in [0.15, 0.2) is 18.2 Å². The number of para-hydroxylation sites is 1. The van der Waals surface area contributed by atoms with E-state index in [1.807, 2.05) is 30.1 Å². The molecule has 8 heteroatoms. The van der Waals surface area contributed by atoms with Crippen molar-refractivity contribution in [1.29, 1.82) is 0 Å². The van der Waals surface area contributed by atoms with Gasteiger partial charge in [0.2, 0.25) is 17.7 Å². The third-order valence-electron chi connectivity index (χ3n) is 6.67. The molecule has 3 fully saturated rings. The molecule has 2 saturated heterocycles. The Morgan fingerprint density at radius 1 is 1.16 bits per heavy atom. The molecule has 0 spiro atoms. The number of likely N-dealkylation sites (tertiary alicyclic amines) is 1. The minimum Gasteiger partial charge on any atom is -0.488 e. The molecule has 31 heavy (non-hydrogen) atoms. The zero-order chi connectivity index (χ0) is 21.5. The van der Waals surface area contributed by atoms with Crippen molar-refractivity contribution in [2.45, 2.75) is 57.0 Å². The van der Waals surface area contributed by atoms with Gasteiger partial charge in [-0.25, -0.2) is 0 Å². The second-order valence-electron chi connectivity index (χ2n) is 9.01. The minimum atomic E-state index is -0.433. The van der Waals surface area contributed by atoms with Crippen LogP contribution in [0.1, 0.15) is 56.6 Å². The lowest BCUT2D eigenvalue weighted by molar-refractivity contribution is -0.135. The van der Waals surface area contributed by atoms with Crippen LogP contribution in [0.2, 0.25) is 0 Å². The van der Waals surface area contributed by atoms with Gasteiger partial charge in [-0.2, -0.15) is 5.10 Å². The first kappa shape index (κ1) is 20.0. The van der Waals surface area contributed by atoms with Crippen molar-refractivity contribution in [3.63, 3.8) is 0 Å². The van der Waals surface area contributed by atoms with Crippen molar-refractivity contribution < 1.29 is 19.1 Å². The molecule has 0 radical (unpaired) electrons. The highest BCUT2D eigenvalue weighted by molar-refractivity contribution is 6.02. The first-order valence-electron chi connectivity index (χ1n) is 11.2. The summed E-state index contributed by atoms with van der Waals surface area (Å²) in [5.74, 6) is 0.690. The number of ether oxygens (including phenoxy) is 1. The number of hydrogen-bond acceptors (Lipinski definition) is 5. The third-order valence-corrected chi connectivity index (χ3v) is 6.67. The van der Waals surface area contributed by atoms with Gasteiger partial charge in [-0.15, -0.1) is 0 Å². The van der Waals surface area contributed by atoms with Crippen LogP contribution in [0.25, 0.3) is 10.9 Å². The summed E-state index contributed by atoms with van der Waals surface area (Å²) in [6, 6.07) is 5.80. The van der Waals surface area contributed by atoms with Gasteiger partial charge < -0.3 is 9.64 Å². The summed E-state index contributed by atoms with van der Waals surface area (Å²) in [5, 5.41) is 7.92. The van der Waals surface area contributed by atoms with Crippen molar-refractivity contribution in [2.75, 3.05) is 13.1 Å². The average Bonchev–Trinajstić information content (AvgIpc) is 3.50. The number of piperidine rings is 2. The number of amides is 3. The molecule has 5 rings (SSSR count). The maximum Gasteiger partial charge on any atom is 0.235 e. The van der Waals surface area contributed by atoms with E-state index in [1.165, 1.54) is 12.8 Å². The summed E-state index contributed by atoms with van der Waals surface area (Å²) in [5.41, 5.74) is 1.54. The Bertz CT molecular complexity index is 1030. The first-order chi connectivity index (χ1) is 15.0. The topological polar surface area (TPSA) is 93.5 Å².